The first-order chi connectivity index (χ1) is 7.54. The minimum Gasteiger partial charge on any atom is -0.395 e. The summed E-state index contributed by atoms with van der Waals surface area (Å²) in [7, 11) is 4.06. The van der Waals surface area contributed by atoms with Gasteiger partial charge in [-0.05, 0) is 31.5 Å². The zero-order valence-corrected chi connectivity index (χ0v) is 10.6. The smallest absolute Gasteiger partial charge is 0.0582 e. The van der Waals surface area contributed by atoms with Crippen molar-refractivity contribution in [2.75, 3.05) is 25.6 Å². The van der Waals surface area contributed by atoms with Gasteiger partial charge >= 0.3 is 0 Å². The highest BCUT2D eigenvalue weighted by atomic mass is 16.3. The van der Waals surface area contributed by atoms with Crippen molar-refractivity contribution in [1.82, 2.24) is 5.32 Å². The van der Waals surface area contributed by atoms with Crippen molar-refractivity contribution in [2.24, 2.45) is 0 Å². The number of rotatable bonds is 5. The van der Waals surface area contributed by atoms with E-state index in [-0.39, 0.29) is 18.7 Å². The van der Waals surface area contributed by atoms with Gasteiger partial charge in [0, 0.05) is 31.9 Å². The summed E-state index contributed by atoms with van der Waals surface area (Å²) >= 11 is 0. The number of hydrogen-bond donors (Lipinski definition) is 2. The van der Waals surface area contributed by atoms with E-state index in [1.54, 1.807) is 0 Å². The van der Waals surface area contributed by atoms with Gasteiger partial charge in [-0.1, -0.05) is 12.1 Å². The Labute approximate surface area is 98.1 Å². The summed E-state index contributed by atoms with van der Waals surface area (Å²) in [5, 5.41) is 12.3. The van der Waals surface area contributed by atoms with E-state index < -0.39 is 0 Å². The van der Waals surface area contributed by atoms with Crippen LogP contribution in [0.4, 0.5) is 5.69 Å². The normalized spacial score (nSPS) is 14.6. The second-order valence-electron chi connectivity index (χ2n) is 4.46. The van der Waals surface area contributed by atoms with Crippen LogP contribution in [-0.2, 0) is 0 Å². The molecule has 1 aromatic rings. The van der Waals surface area contributed by atoms with Crippen molar-refractivity contribution < 1.29 is 5.11 Å². The molecule has 2 atom stereocenters. The zero-order valence-electron chi connectivity index (χ0n) is 10.6. The molecule has 0 heterocycles. The minimum absolute atomic E-state index is 0.128. The SMILES string of the molecule is CC(N[C@H](C)CO)c1ccc(N(C)C)cc1. The van der Waals surface area contributed by atoms with E-state index in [0.29, 0.717) is 0 Å². The molecule has 3 heteroatoms. The van der Waals surface area contributed by atoms with Crippen LogP contribution in [0.25, 0.3) is 0 Å². The Bertz CT molecular complexity index is 308. The molecule has 0 bridgehead atoms. The second kappa shape index (κ2) is 5.87. The lowest BCUT2D eigenvalue weighted by Gasteiger charge is -2.20. The van der Waals surface area contributed by atoms with Crippen molar-refractivity contribution in [1.29, 1.82) is 0 Å². The van der Waals surface area contributed by atoms with E-state index in [1.165, 1.54) is 11.3 Å². The van der Waals surface area contributed by atoms with E-state index in [1.807, 2.05) is 21.0 Å². The number of benzene rings is 1. The third-order valence-corrected chi connectivity index (χ3v) is 2.72. The maximum Gasteiger partial charge on any atom is 0.0582 e. The maximum absolute atomic E-state index is 8.98. The van der Waals surface area contributed by atoms with Gasteiger partial charge in [0.05, 0.1) is 6.61 Å². The quantitative estimate of drug-likeness (QED) is 0.797. The Morgan fingerprint density at radius 2 is 1.75 bits per heavy atom. The highest BCUT2D eigenvalue weighted by Gasteiger charge is 2.08. The van der Waals surface area contributed by atoms with Crippen LogP contribution in [0.5, 0.6) is 0 Å². The molecule has 90 valence electrons. The third kappa shape index (κ3) is 3.51. The van der Waals surface area contributed by atoms with Gasteiger partial charge in [0.2, 0.25) is 0 Å². The van der Waals surface area contributed by atoms with Crippen LogP contribution in [0, 0.1) is 0 Å². The molecule has 1 unspecified atom stereocenters. The highest BCUT2D eigenvalue weighted by molar-refractivity contribution is 5.46. The lowest BCUT2D eigenvalue weighted by atomic mass is 10.1. The molecule has 1 aromatic carbocycles. The molecule has 0 aromatic heterocycles. The van der Waals surface area contributed by atoms with Gasteiger partial charge in [0.25, 0.3) is 0 Å². The van der Waals surface area contributed by atoms with Crippen LogP contribution < -0.4 is 10.2 Å². The fraction of sp³-hybridized carbons (Fsp3) is 0.538. The minimum atomic E-state index is 0.128. The molecule has 0 spiro atoms. The molecule has 0 saturated heterocycles. The summed E-state index contributed by atoms with van der Waals surface area (Å²) < 4.78 is 0. The van der Waals surface area contributed by atoms with Crippen molar-refractivity contribution in [3.05, 3.63) is 29.8 Å². The Morgan fingerprint density at radius 1 is 1.19 bits per heavy atom. The average molecular weight is 222 g/mol. The number of hydrogen-bond acceptors (Lipinski definition) is 3. The van der Waals surface area contributed by atoms with Gasteiger partial charge < -0.3 is 15.3 Å². The molecule has 0 aliphatic carbocycles. The second-order valence-corrected chi connectivity index (χ2v) is 4.46. The van der Waals surface area contributed by atoms with E-state index in [4.69, 9.17) is 5.11 Å². The summed E-state index contributed by atoms with van der Waals surface area (Å²) in [6.07, 6.45) is 0. The van der Waals surface area contributed by atoms with Crippen molar-refractivity contribution in [3.63, 3.8) is 0 Å². The Balaban J connectivity index is 2.66. The lowest BCUT2D eigenvalue weighted by molar-refractivity contribution is 0.243. The molecular weight excluding hydrogens is 200 g/mol. The summed E-state index contributed by atoms with van der Waals surface area (Å²) in [5.74, 6) is 0. The van der Waals surface area contributed by atoms with Gasteiger partial charge in [-0.25, -0.2) is 0 Å². The molecule has 0 fully saturated rings. The van der Waals surface area contributed by atoms with Gasteiger partial charge in [0.1, 0.15) is 0 Å². The van der Waals surface area contributed by atoms with E-state index in [0.717, 1.165) is 0 Å². The fourth-order valence-electron chi connectivity index (χ4n) is 1.64. The van der Waals surface area contributed by atoms with Crippen molar-refractivity contribution in [2.45, 2.75) is 25.9 Å². The first-order valence-corrected chi connectivity index (χ1v) is 5.68. The van der Waals surface area contributed by atoms with Crippen molar-refractivity contribution in [3.8, 4) is 0 Å². The highest BCUT2D eigenvalue weighted by Crippen LogP contribution is 2.17. The molecule has 0 radical (unpaired) electrons. The molecule has 0 saturated carbocycles. The van der Waals surface area contributed by atoms with E-state index in [9.17, 15) is 0 Å². The summed E-state index contributed by atoms with van der Waals surface area (Å²) in [6.45, 7) is 4.25. The number of aliphatic hydroxyl groups is 1. The number of aliphatic hydroxyl groups excluding tert-OH is 1. The van der Waals surface area contributed by atoms with Crippen LogP contribution in [0.3, 0.4) is 0 Å². The molecule has 0 aliphatic rings. The first-order valence-electron chi connectivity index (χ1n) is 5.68. The van der Waals surface area contributed by atoms with Crippen LogP contribution in [0.1, 0.15) is 25.5 Å². The molecule has 0 aliphatic heterocycles. The number of anilines is 1. The largest absolute Gasteiger partial charge is 0.395 e. The zero-order chi connectivity index (χ0) is 12.1. The summed E-state index contributed by atoms with van der Waals surface area (Å²) in [4.78, 5) is 2.08. The average Bonchev–Trinajstić information content (AvgIpc) is 2.28. The topological polar surface area (TPSA) is 35.5 Å². The molecular formula is C13H22N2O. The van der Waals surface area contributed by atoms with Gasteiger partial charge in [-0.15, -0.1) is 0 Å². The Kier molecular flexibility index (Phi) is 4.77. The summed E-state index contributed by atoms with van der Waals surface area (Å²) in [5.41, 5.74) is 2.44. The molecule has 1 rings (SSSR count). The predicted molar refractivity (Wildman–Crippen MR) is 68.9 cm³/mol. The monoisotopic (exact) mass is 222 g/mol. The molecule has 0 amide bonds. The third-order valence-electron chi connectivity index (χ3n) is 2.72. The van der Waals surface area contributed by atoms with Gasteiger partial charge in [-0.2, -0.15) is 0 Å². The summed E-state index contributed by atoms with van der Waals surface area (Å²) in [6, 6.07) is 8.85. The fourth-order valence-corrected chi connectivity index (χ4v) is 1.64. The number of nitrogens with zero attached hydrogens (tertiary/aromatic N) is 1. The van der Waals surface area contributed by atoms with Crippen LogP contribution in [0.2, 0.25) is 0 Å². The van der Waals surface area contributed by atoms with Crippen LogP contribution in [0.15, 0.2) is 24.3 Å². The standard InChI is InChI=1S/C13H22N2O/c1-10(9-16)14-11(2)12-5-7-13(8-6-12)15(3)4/h5-8,10-11,14,16H,9H2,1-4H3/t10-,11?/m1/s1. The van der Waals surface area contributed by atoms with Crippen LogP contribution >= 0.6 is 0 Å². The first kappa shape index (κ1) is 13.0. The van der Waals surface area contributed by atoms with E-state index >= 15 is 0 Å². The maximum atomic E-state index is 8.98. The number of nitrogens with one attached hydrogen (secondary N) is 1. The van der Waals surface area contributed by atoms with Crippen LogP contribution in [-0.4, -0.2) is 31.9 Å². The van der Waals surface area contributed by atoms with Crippen molar-refractivity contribution >= 4 is 5.69 Å². The lowest BCUT2D eigenvalue weighted by Crippen LogP contribution is -2.31. The van der Waals surface area contributed by atoms with E-state index in [2.05, 4.69) is 41.4 Å². The van der Waals surface area contributed by atoms with Gasteiger partial charge in [0.15, 0.2) is 0 Å². The Morgan fingerprint density at radius 3 is 2.19 bits per heavy atom. The Hall–Kier alpha value is -1.06. The molecule has 2 N–H and O–H groups in total. The molecule has 3 nitrogen and oxygen atoms in total. The molecule has 16 heavy (non-hydrogen) atoms. The van der Waals surface area contributed by atoms with Gasteiger partial charge in [-0.3, -0.25) is 0 Å². The predicted octanol–water partition coefficient (Wildman–Crippen LogP) is 1.78.